The first-order valence-electron chi connectivity index (χ1n) is 7.12. The summed E-state index contributed by atoms with van der Waals surface area (Å²) in [5.41, 5.74) is 2.08. The van der Waals surface area contributed by atoms with Crippen molar-refractivity contribution in [3.8, 4) is 0 Å². The standard InChI is InChI=1S/C15H23NO2S/c1-10(2)7-11(8-17)16-15(18)13-9-19-14-6-4-3-5-12(13)14/h9-11,17H,3-8H2,1-2H3,(H,16,18). The molecule has 1 aromatic rings. The largest absolute Gasteiger partial charge is 0.394 e. The van der Waals surface area contributed by atoms with Crippen LogP contribution in [0.5, 0.6) is 0 Å². The van der Waals surface area contributed by atoms with Gasteiger partial charge in [0.1, 0.15) is 0 Å². The molecular formula is C15H23NO2S. The molecule has 4 heteroatoms. The maximum Gasteiger partial charge on any atom is 0.252 e. The number of amides is 1. The Morgan fingerprint density at radius 1 is 1.42 bits per heavy atom. The fraction of sp³-hybridized carbons (Fsp3) is 0.667. The first-order valence-corrected chi connectivity index (χ1v) is 8.00. The average molecular weight is 281 g/mol. The molecule has 3 nitrogen and oxygen atoms in total. The summed E-state index contributed by atoms with van der Waals surface area (Å²) in [5, 5.41) is 14.3. The molecule has 1 amide bonds. The summed E-state index contributed by atoms with van der Waals surface area (Å²) >= 11 is 1.71. The van der Waals surface area contributed by atoms with Gasteiger partial charge in [0.05, 0.1) is 18.2 Å². The molecule has 1 aromatic heterocycles. The molecule has 1 heterocycles. The minimum atomic E-state index is -0.133. The molecule has 2 rings (SSSR count). The van der Waals surface area contributed by atoms with Gasteiger partial charge in [0.25, 0.3) is 5.91 Å². The molecule has 0 aliphatic heterocycles. The molecule has 1 unspecified atom stereocenters. The highest BCUT2D eigenvalue weighted by atomic mass is 32.1. The molecule has 0 fully saturated rings. The van der Waals surface area contributed by atoms with Crippen LogP contribution in [0, 0.1) is 5.92 Å². The van der Waals surface area contributed by atoms with Crippen molar-refractivity contribution in [2.24, 2.45) is 5.92 Å². The van der Waals surface area contributed by atoms with Gasteiger partial charge >= 0.3 is 0 Å². The van der Waals surface area contributed by atoms with Crippen molar-refractivity contribution in [3.05, 3.63) is 21.4 Å². The number of fused-ring (bicyclic) bond motifs is 1. The number of carbonyl (C=O) groups is 1. The van der Waals surface area contributed by atoms with Crippen molar-refractivity contribution >= 4 is 17.2 Å². The first kappa shape index (κ1) is 14.5. The lowest BCUT2D eigenvalue weighted by atomic mass is 9.95. The van der Waals surface area contributed by atoms with Gasteiger partial charge in [0.15, 0.2) is 0 Å². The Balaban J connectivity index is 2.05. The molecule has 0 saturated carbocycles. The molecule has 106 valence electrons. The van der Waals surface area contributed by atoms with E-state index in [1.807, 2.05) is 5.38 Å². The molecule has 1 atom stereocenters. The number of nitrogens with one attached hydrogen (secondary N) is 1. The van der Waals surface area contributed by atoms with Gasteiger partial charge in [0.2, 0.25) is 0 Å². The molecule has 0 radical (unpaired) electrons. The van der Waals surface area contributed by atoms with Crippen LogP contribution in [0.1, 0.15) is 53.9 Å². The summed E-state index contributed by atoms with van der Waals surface area (Å²) in [5.74, 6) is 0.452. The number of thiophene rings is 1. The second-order valence-electron chi connectivity index (χ2n) is 5.74. The Kier molecular flexibility index (Phi) is 4.99. The number of rotatable bonds is 5. The van der Waals surface area contributed by atoms with Crippen LogP contribution < -0.4 is 5.32 Å². The van der Waals surface area contributed by atoms with Gasteiger partial charge < -0.3 is 10.4 Å². The van der Waals surface area contributed by atoms with Crippen LogP contribution in [0.2, 0.25) is 0 Å². The predicted octanol–water partition coefficient (Wildman–Crippen LogP) is 2.76. The lowest BCUT2D eigenvalue weighted by Crippen LogP contribution is -2.38. The fourth-order valence-corrected chi connectivity index (χ4v) is 3.82. The highest BCUT2D eigenvalue weighted by Crippen LogP contribution is 2.30. The SMILES string of the molecule is CC(C)CC(CO)NC(=O)c1csc2c1CCCC2. The average Bonchev–Trinajstić information content (AvgIpc) is 2.81. The van der Waals surface area contributed by atoms with Crippen LogP contribution in [-0.4, -0.2) is 23.7 Å². The van der Waals surface area contributed by atoms with Crippen molar-refractivity contribution in [2.75, 3.05) is 6.61 Å². The second kappa shape index (κ2) is 6.53. The Morgan fingerprint density at radius 2 is 2.16 bits per heavy atom. The Labute approximate surface area is 119 Å². The normalized spacial score (nSPS) is 16.2. The van der Waals surface area contributed by atoms with Gasteiger partial charge in [-0.3, -0.25) is 4.79 Å². The molecule has 0 aromatic carbocycles. The van der Waals surface area contributed by atoms with Crippen LogP contribution in [0.15, 0.2) is 5.38 Å². The Hall–Kier alpha value is -0.870. The van der Waals surface area contributed by atoms with E-state index in [1.165, 1.54) is 23.3 Å². The van der Waals surface area contributed by atoms with E-state index in [1.54, 1.807) is 11.3 Å². The van der Waals surface area contributed by atoms with E-state index in [0.717, 1.165) is 24.8 Å². The van der Waals surface area contributed by atoms with Crippen LogP contribution in [0.25, 0.3) is 0 Å². The third-order valence-corrected chi connectivity index (χ3v) is 4.71. The first-order chi connectivity index (χ1) is 9.11. The summed E-state index contributed by atoms with van der Waals surface area (Å²) in [7, 11) is 0. The van der Waals surface area contributed by atoms with Crippen LogP contribution in [0.4, 0.5) is 0 Å². The van der Waals surface area contributed by atoms with E-state index < -0.39 is 0 Å². The molecule has 19 heavy (non-hydrogen) atoms. The van der Waals surface area contributed by atoms with Gasteiger partial charge in [-0.1, -0.05) is 13.8 Å². The quantitative estimate of drug-likeness (QED) is 0.872. The van der Waals surface area contributed by atoms with Crippen molar-refractivity contribution in [2.45, 2.75) is 52.0 Å². The zero-order valence-corrected chi connectivity index (χ0v) is 12.6. The second-order valence-corrected chi connectivity index (χ2v) is 6.70. The van der Waals surface area contributed by atoms with Gasteiger partial charge in [-0.2, -0.15) is 0 Å². The lowest BCUT2D eigenvalue weighted by Gasteiger charge is -2.19. The van der Waals surface area contributed by atoms with Crippen molar-refractivity contribution < 1.29 is 9.90 Å². The van der Waals surface area contributed by atoms with E-state index >= 15 is 0 Å². The summed E-state index contributed by atoms with van der Waals surface area (Å²) in [4.78, 5) is 13.7. The van der Waals surface area contributed by atoms with Crippen molar-refractivity contribution in [3.63, 3.8) is 0 Å². The summed E-state index contributed by atoms with van der Waals surface area (Å²) in [6.45, 7) is 4.21. The van der Waals surface area contributed by atoms with Crippen LogP contribution in [-0.2, 0) is 12.8 Å². The predicted molar refractivity (Wildman–Crippen MR) is 78.8 cm³/mol. The maximum atomic E-state index is 12.3. The molecule has 0 spiro atoms. The highest BCUT2D eigenvalue weighted by molar-refractivity contribution is 7.10. The number of hydrogen-bond donors (Lipinski definition) is 2. The summed E-state index contributed by atoms with van der Waals surface area (Å²) in [6, 6.07) is -0.133. The van der Waals surface area contributed by atoms with Crippen LogP contribution in [0.3, 0.4) is 0 Å². The fourth-order valence-electron chi connectivity index (χ4n) is 2.70. The van der Waals surface area contributed by atoms with Crippen molar-refractivity contribution in [1.29, 1.82) is 0 Å². The lowest BCUT2D eigenvalue weighted by molar-refractivity contribution is 0.0907. The molecule has 1 aliphatic carbocycles. The minimum absolute atomic E-state index is 0.0102. The number of aliphatic hydroxyl groups excluding tert-OH is 1. The number of hydrogen-bond acceptors (Lipinski definition) is 3. The summed E-state index contributed by atoms with van der Waals surface area (Å²) < 4.78 is 0. The van der Waals surface area contributed by atoms with E-state index in [9.17, 15) is 9.90 Å². The molecular weight excluding hydrogens is 258 g/mol. The van der Waals surface area contributed by atoms with Gasteiger partial charge in [-0.15, -0.1) is 11.3 Å². The van der Waals surface area contributed by atoms with E-state index in [0.29, 0.717) is 5.92 Å². The molecule has 0 saturated heterocycles. The highest BCUT2D eigenvalue weighted by Gasteiger charge is 2.22. The minimum Gasteiger partial charge on any atom is -0.394 e. The number of aliphatic hydroxyl groups is 1. The zero-order chi connectivity index (χ0) is 13.8. The van der Waals surface area contributed by atoms with Crippen molar-refractivity contribution in [1.82, 2.24) is 5.32 Å². The summed E-state index contributed by atoms with van der Waals surface area (Å²) in [6.07, 6.45) is 5.37. The van der Waals surface area contributed by atoms with E-state index in [-0.39, 0.29) is 18.6 Å². The number of aryl methyl sites for hydroxylation is 1. The van der Waals surface area contributed by atoms with E-state index in [4.69, 9.17) is 0 Å². The van der Waals surface area contributed by atoms with E-state index in [2.05, 4.69) is 19.2 Å². The topological polar surface area (TPSA) is 49.3 Å². The van der Waals surface area contributed by atoms with Gasteiger partial charge in [-0.05, 0) is 43.6 Å². The van der Waals surface area contributed by atoms with Crippen LogP contribution >= 0.6 is 11.3 Å². The van der Waals surface area contributed by atoms with Gasteiger partial charge in [0, 0.05) is 10.3 Å². The molecule has 0 bridgehead atoms. The van der Waals surface area contributed by atoms with Gasteiger partial charge in [-0.25, -0.2) is 0 Å². The Morgan fingerprint density at radius 3 is 2.84 bits per heavy atom. The smallest absolute Gasteiger partial charge is 0.252 e. The third-order valence-electron chi connectivity index (χ3n) is 3.62. The molecule has 1 aliphatic rings. The Bertz CT molecular complexity index is 439. The number of carbonyl (C=O) groups excluding carboxylic acids is 1. The monoisotopic (exact) mass is 281 g/mol. The third kappa shape index (κ3) is 3.57. The maximum absolute atomic E-state index is 12.3. The molecule has 2 N–H and O–H groups in total. The zero-order valence-electron chi connectivity index (χ0n) is 11.7.